The van der Waals surface area contributed by atoms with Gasteiger partial charge in [-0.3, -0.25) is 4.79 Å². The Labute approximate surface area is 109 Å². The summed E-state index contributed by atoms with van der Waals surface area (Å²) in [4.78, 5) is 15.6. The summed E-state index contributed by atoms with van der Waals surface area (Å²) < 4.78 is 5.34. The first-order valence-electron chi connectivity index (χ1n) is 5.31. The molecule has 1 amide bonds. The molecule has 2 aromatic heterocycles. The number of rotatable bonds is 3. The van der Waals surface area contributed by atoms with Gasteiger partial charge < -0.3 is 15.5 Å². The predicted molar refractivity (Wildman–Crippen MR) is 68.3 cm³/mol. The molecule has 0 aromatic carbocycles. The zero-order valence-corrected chi connectivity index (χ0v) is 10.5. The van der Waals surface area contributed by atoms with Crippen LogP contribution in [0.1, 0.15) is 21.9 Å². The summed E-state index contributed by atoms with van der Waals surface area (Å²) in [6, 6.07) is 6.57. The van der Waals surface area contributed by atoms with E-state index in [1.807, 2.05) is 19.1 Å². The molecule has 3 N–H and O–H groups in total. The van der Waals surface area contributed by atoms with Gasteiger partial charge in [-0.25, -0.2) is 4.98 Å². The van der Waals surface area contributed by atoms with Gasteiger partial charge in [-0.2, -0.15) is 0 Å². The molecule has 0 bridgehead atoms. The fraction of sp³-hybridized carbons (Fsp3) is 0.167. The number of carbonyl (C=O) groups is 1. The molecule has 2 rings (SSSR count). The van der Waals surface area contributed by atoms with Crippen LogP contribution in [-0.4, -0.2) is 10.9 Å². The van der Waals surface area contributed by atoms with Crippen molar-refractivity contribution in [2.45, 2.75) is 13.5 Å². The van der Waals surface area contributed by atoms with Crippen LogP contribution in [0.15, 0.2) is 28.7 Å². The first kappa shape index (κ1) is 12.4. The molecular formula is C12H12ClN3O2. The van der Waals surface area contributed by atoms with Gasteiger partial charge in [0.15, 0.2) is 0 Å². The summed E-state index contributed by atoms with van der Waals surface area (Å²) in [7, 11) is 0. The first-order valence-corrected chi connectivity index (χ1v) is 5.69. The Kier molecular flexibility index (Phi) is 3.53. The molecule has 94 valence electrons. The van der Waals surface area contributed by atoms with E-state index < -0.39 is 0 Å². The van der Waals surface area contributed by atoms with Crippen molar-refractivity contribution in [2.24, 2.45) is 0 Å². The molecule has 6 heteroatoms. The Hall–Kier alpha value is -2.01. The number of nitrogen functional groups attached to an aromatic ring is 1. The number of furan rings is 1. The molecule has 0 unspecified atom stereocenters. The predicted octanol–water partition coefficient (Wildman–Crippen LogP) is 2.15. The van der Waals surface area contributed by atoms with Gasteiger partial charge in [0.25, 0.3) is 5.91 Å². The number of nitrogens with zero attached hydrogens (tertiary/aromatic N) is 1. The third-order valence-corrected chi connectivity index (χ3v) is 2.49. The number of hydrogen-bond acceptors (Lipinski definition) is 4. The molecule has 2 heterocycles. The highest BCUT2D eigenvalue weighted by molar-refractivity contribution is 6.29. The molecule has 0 radical (unpaired) electrons. The van der Waals surface area contributed by atoms with Crippen LogP contribution < -0.4 is 11.1 Å². The van der Waals surface area contributed by atoms with Gasteiger partial charge >= 0.3 is 0 Å². The molecular weight excluding hydrogens is 254 g/mol. The van der Waals surface area contributed by atoms with Crippen molar-refractivity contribution in [3.8, 4) is 0 Å². The number of nitrogens with two attached hydrogens (primary N) is 1. The van der Waals surface area contributed by atoms with Crippen LogP contribution >= 0.6 is 11.6 Å². The summed E-state index contributed by atoms with van der Waals surface area (Å²) >= 11 is 5.73. The largest absolute Gasteiger partial charge is 0.465 e. The number of halogens is 1. The SMILES string of the molecule is Cc1ccc(CNC(=O)c2cc(N)nc(Cl)c2)o1. The van der Waals surface area contributed by atoms with E-state index in [4.69, 9.17) is 21.8 Å². The molecule has 5 nitrogen and oxygen atoms in total. The molecule has 0 aliphatic heterocycles. The van der Waals surface area contributed by atoms with E-state index >= 15 is 0 Å². The number of aryl methyl sites for hydroxylation is 1. The van der Waals surface area contributed by atoms with Crippen molar-refractivity contribution >= 4 is 23.3 Å². The van der Waals surface area contributed by atoms with Gasteiger partial charge in [0.1, 0.15) is 22.5 Å². The van der Waals surface area contributed by atoms with Crippen molar-refractivity contribution in [3.05, 3.63) is 46.5 Å². The molecule has 0 saturated carbocycles. The minimum atomic E-state index is -0.278. The van der Waals surface area contributed by atoms with Crippen LogP contribution in [0, 0.1) is 6.92 Å². The molecule has 0 fully saturated rings. The van der Waals surface area contributed by atoms with E-state index in [0.29, 0.717) is 17.9 Å². The zero-order valence-electron chi connectivity index (χ0n) is 9.74. The lowest BCUT2D eigenvalue weighted by atomic mass is 10.2. The summed E-state index contributed by atoms with van der Waals surface area (Å²) in [6.07, 6.45) is 0. The van der Waals surface area contributed by atoms with Crippen molar-refractivity contribution in [1.29, 1.82) is 0 Å². The van der Waals surface area contributed by atoms with Gasteiger partial charge in [0.2, 0.25) is 0 Å². The fourth-order valence-electron chi connectivity index (χ4n) is 1.50. The zero-order chi connectivity index (χ0) is 13.1. The Morgan fingerprint density at radius 1 is 1.50 bits per heavy atom. The van der Waals surface area contributed by atoms with Gasteiger partial charge in [-0.1, -0.05) is 11.6 Å². The Bertz CT molecular complexity index is 560. The molecule has 0 aliphatic carbocycles. The average molecular weight is 266 g/mol. The van der Waals surface area contributed by atoms with Crippen LogP contribution in [0.2, 0.25) is 5.15 Å². The van der Waals surface area contributed by atoms with Crippen molar-refractivity contribution in [1.82, 2.24) is 10.3 Å². The van der Waals surface area contributed by atoms with Gasteiger partial charge in [0, 0.05) is 5.56 Å². The van der Waals surface area contributed by atoms with E-state index in [2.05, 4.69) is 10.3 Å². The number of anilines is 1. The van der Waals surface area contributed by atoms with Gasteiger partial charge in [0.05, 0.1) is 6.54 Å². The topological polar surface area (TPSA) is 81.2 Å². The van der Waals surface area contributed by atoms with Crippen molar-refractivity contribution in [2.75, 3.05) is 5.73 Å². The maximum absolute atomic E-state index is 11.8. The van der Waals surface area contributed by atoms with Crippen LogP contribution in [-0.2, 0) is 6.54 Å². The van der Waals surface area contributed by atoms with Crippen LogP contribution in [0.4, 0.5) is 5.82 Å². The maximum atomic E-state index is 11.8. The van der Waals surface area contributed by atoms with E-state index in [9.17, 15) is 4.79 Å². The van der Waals surface area contributed by atoms with Crippen LogP contribution in [0.5, 0.6) is 0 Å². The number of amides is 1. The normalized spacial score (nSPS) is 10.3. The van der Waals surface area contributed by atoms with E-state index in [1.54, 1.807) is 0 Å². The smallest absolute Gasteiger partial charge is 0.251 e. The third-order valence-electron chi connectivity index (χ3n) is 2.30. The van der Waals surface area contributed by atoms with E-state index in [1.165, 1.54) is 12.1 Å². The summed E-state index contributed by atoms with van der Waals surface area (Å²) in [5, 5.41) is 2.90. The minimum Gasteiger partial charge on any atom is -0.465 e. The second-order valence-electron chi connectivity index (χ2n) is 3.80. The molecule has 2 aromatic rings. The van der Waals surface area contributed by atoms with Crippen molar-refractivity contribution < 1.29 is 9.21 Å². The standard InChI is InChI=1S/C12H12ClN3O2/c1-7-2-3-9(18-7)6-15-12(17)8-4-10(13)16-11(14)5-8/h2-5H,6H2,1H3,(H2,14,16)(H,15,17). The quantitative estimate of drug-likeness (QED) is 0.833. The molecule has 0 saturated heterocycles. The number of hydrogen-bond donors (Lipinski definition) is 2. The van der Waals surface area contributed by atoms with Crippen LogP contribution in [0.25, 0.3) is 0 Å². The number of aromatic nitrogens is 1. The second-order valence-corrected chi connectivity index (χ2v) is 4.19. The number of carbonyl (C=O) groups excluding carboxylic acids is 1. The third kappa shape index (κ3) is 3.01. The number of pyridine rings is 1. The molecule has 18 heavy (non-hydrogen) atoms. The molecule has 0 spiro atoms. The monoisotopic (exact) mass is 265 g/mol. The lowest BCUT2D eigenvalue weighted by Crippen LogP contribution is -2.22. The van der Waals surface area contributed by atoms with Gasteiger partial charge in [-0.05, 0) is 31.2 Å². The van der Waals surface area contributed by atoms with E-state index in [-0.39, 0.29) is 16.9 Å². The Morgan fingerprint density at radius 3 is 2.89 bits per heavy atom. The number of nitrogens with one attached hydrogen (secondary N) is 1. The van der Waals surface area contributed by atoms with E-state index in [0.717, 1.165) is 5.76 Å². The Morgan fingerprint density at radius 2 is 2.28 bits per heavy atom. The minimum absolute atomic E-state index is 0.189. The maximum Gasteiger partial charge on any atom is 0.251 e. The average Bonchev–Trinajstić information content (AvgIpc) is 2.70. The van der Waals surface area contributed by atoms with Gasteiger partial charge in [-0.15, -0.1) is 0 Å². The lowest BCUT2D eigenvalue weighted by Gasteiger charge is -2.04. The Balaban J connectivity index is 2.03. The highest BCUT2D eigenvalue weighted by Gasteiger charge is 2.09. The summed E-state index contributed by atoms with van der Waals surface area (Å²) in [5.74, 6) is 1.42. The van der Waals surface area contributed by atoms with Crippen LogP contribution in [0.3, 0.4) is 0 Å². The molecule has 0 atom stereocenters. The summed E-state index contributed by atoms with van der Waals surface area (Å²) in [6.45, 7) is 2.15. The molecule has 0 aliphatic rings. The fourth-order valence-corrected chi connectivity index (χ4v) is 1.71. The highest BCUT2D eigenvalue weighted by Crippen LogP contribution is 2.12. The second kappa shape index (κ2) is 5.10. The first-order chi connectivity index (χ1) is 8.54. The highest BCUT2D eigenvalue weighted by atomic mass is 35.5. The lowest BCUT2D eigenvalue weighted by molar-refractivity contribution is 0.0948. The van der Waals surface area contributed by atoms with Crippen molar-refractivity contribution in [3.63, 3.8) is 0 Å². The summed E-state index contributed by atoms with van der Waals surface area (Å²) in [5.41, 5.74) is 5.88.